The van der Waals surface area contributed by atoms with Crippen molar-refractivity contribution in [3.05, 3.63) is 28.8 Å². The molecule has 0 unspecified atom stereocenters. The molecule has 0 aliphatic carbocycles. The maximum Gasteiger partial charge on any atom is 0.241 e. The standard InChI is InChI=1S/C12H16ClN3O/c1-15-4-5-16(8-12(15)17)10-3-2-9(7-14)11(13)6-10/h2-3,6H,4-5,7-8,14H2,1H3. The van der Waals surface area contributed by atoms with Gasteiger partial charge in [0.2, 0.25) is 5.91 Å². The van der Waals surface area contributed by atoms with Crippen LogP contribution in [0.4, 0.5) is 5.69 Å². The summed E-state index contributed by atoms with van der Waals surface area (Å²) in [6, 6.07) is 5.76. The molecule has 2 rings (SSSR count). The van der Waals surface area contributed by atoms with E-state index in [2.05, 4.69) is 0 Å². The number of nitrogens with two attached hydrogens (primary N) is 1. The highest BCUT2D eigenvalue weighted by molar-refractivity contribution is 6.31. The Kier molecular flexibility index (Phi) is 3.54. The Morgan fingerprint density at radius 2 is 2.18 bits per heavy atom. The number of hydrogen-bond acceptors (Lipinski definition) is 3. The Bertz CT molecular complexity index is 436. The van der Waals surface area contributed by atoms with Gasteiger partial charge in [-0.25, -0.2) is 0 Å². The van der Waals surface area contributed by atoms with Crippen LogP contribution in [0.5, 0.6) is 0 Å². The molecule has 0 bridgehead atoms. The Hall–Kier alpha value is -1.26. The van der Waals surface area contributed by atoms with Crippen molar-refractivity contribution in [1.82, 2.24) is 4.90 Å². The number of amides is 1. The van der Waals surface area contributed by atoms with Gasteiger partial charge in [-0.15, -0.1) is 0 Å². The van der Waals surface area contributed by atoms with E-state index >= 15 is 0 Å². The second-order valence-corrected chi connectivity index (χ2v) is 4.62. The molecule has 4 nitrogen and oxygen atoms in total. The molecule has 0 spiro atoms. The van der Waals surface area contributed by atoms with Crippen molar-refractivity contribution >= 4 is 23.2 Å². The van der Waals surface area contributed by atoms with Crippen molar-refractivity contribution in [3.63, 3.8) is 0 Å². The molecule has 1 amide bonds. The molecule has 0 saturated carbocycles. The molecule has 0 aromatic heterocycles. The molecule has 17 heavy (non-hydrogen) atoms. The van der Waals surface area contributed by atoms with Crippen LogP contribution in [0, 0.1) is 0 Å². The summed E-state index contributed by atoms with van der Waals surface area (Å²) in [7, 11) is 1.82. The number of carbonyl (C=O) groups excluding carboxylic acids is 1. The van der Waals surface area contributed by atoms with E-state index in [0.29, 0.717) is 18.1 Å². The number of benzene rings is 1. The number of carbonyl (C=O) groups is 1. The van der Waals surface area contributed by atoms with Crippen molar-refractivity contribution in [1.29, 1.82) is 0 Å². The van der Waals surface area contributed by atoms with Crippen LogP contribution < -0.4 is 10.6 Å². The number of likely N-dealkylation sites (N-methyl/N-ethyl adjacent to an activating group) is 1. The summed E-state index contributed by atoms with van der Waals surface area (Å²) in [4.78, 5) is 15.4. The van der Waals surface area contributed by atoms with Crippen LogP contribution in [0.15, 0.2) is 18.2 Å². The van der Waals surface area contributed by atoms with Gasteiger partial charge in [0.15, 0.2) is 0 Å². The lowest BCUT2D eigenvalue weighted by Gasteiger charge is -2.33. The van der Waals surface area contributed by atoms with Crippen LogP contribution in [-0.2, 0) is 11.3 Å². The van der Waals surface area contributed by atoms with E-state index in [1.54, 1.807) is 4.90 Å². The molecule has 1 aromatic carbocycles. The van der Waals surface area contributed by atoms with E-state index in [-0.39, 0.29) is 5.91 Å². The maximum atomic E-state index is 11.6. The Morgan fingerprint density at radius 3 is 2.76 bits per heavy atom. The number of anilines is 1. The van der Waals surface area contributed by atoms with Gasteiger partial charge in [0.25, 0.3) is 0 Å². The minimum Gasteiger partial charge on any atom is -0.360 e. The molecule has 0 atom stereocenters. The first-order chi connectivity index (χ1) is 8.11. The van der Waals surface area contributed by atoms with Crippen LogP contribution >= 0.6 is 11.6 Å². The van der Waals surface area contributed by atoms with Gasteiger partial charge in [0, 0.05) is 37.4 Å². The van der Waals surface area contributed by atoms with Crippen molar-refractivity contribution in [2.45, 2.75) is 6.54 Å². The normalized spacial score (nSPS) is 16.5. The van der Waals surface area contributed by atoms with E-state index in [9.17, 15) is 4.79 Å². The minimum absolute atomic E-state index is 0.135. The average Bonchev–Trinajstić information content (AvgIpc) is 2.32. The van der Waals surface area contributed by atoms with E-state index in [0.717, 1.165) is 24.3 Å². The first kappa shape index (κ1) is 12.2. The zero-order valence-electron chi connectivity index (χ0n) is 9.82. The molecular formula is C12H16ClN3O. The van der Waals surface area contributed by atoms with E-state index in [1.807, 2.05) is 30.1 Å². The van der Waals surface area contributed by atoms with Gasteiger partial charge in [0.1, 0.15) is 0 Å². The predicted octanol–water partition coefficient (Wildman–Crippen LogP) is 1.08. The first-order valence-corrected chi connectivity index (χ1v) is 5.97. The summed E-state index contributed by atoms with van der Waals surface area (Å²) in [6.07, 6.45) is 0. The molecule has 1 heterocycles. The molecule has 1 aliphatic rings. The Labute approximate surface area is 106 Å². The monoisotopic (exact) mass is 253 g/mol. The summed E-state index contributed by atoms with van der Waals surface area (Å²) in [5.74, 6) is 0.135. The van der Waals surface area contributed by atoms with Crippen molar-refractivity contribution in [2.75, 3.05) is 31.6 Å². The zero-order chi connectivity index (χ0) is 12.4. The van der Waals surface area contributed by atoms with E-state index in [4.69, 9.17) is 17.3 Å². The van der Waals surface area contributed by atoms with Crippen molar-refractivity contribution < 1.29 is 4.79 Å². The minimum atomic E-state index is 0.135. The van der Waals surface area contributed by atoms with Crippen LogP contribution in [0.2, 0.25) is 5.02 Å². The third-order valence-corrected chi connectivity index (χ3v) is 3.43. The van der Waals surface area contributed by atoms with Crippen LogP contribution in [0.1, 0.15) is 5.56 Å². The number of hydrogen-bond donors (Lipinski definition) is 1. The van der Waals surface area contributed by atoms with Gasteiger partial charge in [-0.1, -0.05) is 17.7 Å². The van der Waals surface area contributed by atoms with Gasteiger partial charge in [-0.05, 0) is 17.7 Å². The molecule has 1 saturated heterocycles. The first-order valence-electron chi connectivity index (χ1n) is 5.59. The molecule has 92 valence electrons. The Morgan fingerprint density at radius 1 is 1.41 bits per heavy atom. The lowest BCUT2D eigenvalue weighted by atomic mass is 10.2. The van der Waals surface area contributed by atoms with Crippen LogP contribution in [0.3, 0.4) is 0 Å². The molecule has 0 radical (unpaired) electrons. The molecule has 1 aromatic rings. The SMILES string of the molecule is CN1CCN(c2ccc(CN)c(Cl)c2)CC1=O. The van der Waals surface area contributed by atoms with Gasteiger partial charge in [0.05, 0.1) is 6.54 Å². The lowest BCUT2D eigenvalue weighted by Crippen LogP contribution is -2.48. The van der Waals surface area contributed by atoms with Crippen LogP contribution in [0.25, 0.3) is 0 Å². The van der Waals surface area contributed by atoms with Crippen molar-refractivity contribution in [3.8, 4) is 0 Å². The molecule has 1 fully saturated rings. The van der Waals surface area contributed by atoms with E-state index < -0.39 is 0 Å². The maximum absolute atomic E-state index is 11.6. The van der Waals surface area contributed by atoms with Gasteiger partial charge in [-0.3, -0.25) is 4.79 Å². The lowest BCUT2D eigenvalue weighted by molar-refractivity contribution is -0.129. The van der Waals surface area contributed by atoms with Crippen LogP contribution in [-0.4, -0.2) is 37.5 Å². The quantitative estimate of drug-likeness (QED) is 0.858. The summed E-state index contributed by atoms with van der Waals surface area (Å²) in [6.45, 7) is 2.42. The summed E-state index contributed by atoms with van der Waals surface area (Å²) >= 11 is 6.11. The van der Waals surface area contributed by atoms with Gasteiger partial charge < -0.3 is 15.5 Å². The molecule has 1 aliphatic heterocycles. The molecular weight excluding hydrogens is 238 g/mol. The largest absolute Gasteiger partial charge is 0.360 e. The summed E-state index contributed by atoms with van der Waals surface area (Å²) < 4.78 is 0. The number of piperazine rings is 1. The topological polar surface area (TPSA) is 49.6 Å². The fraction of sp³-hybridized carbons (Fsp3) is 0.417. The fourth-order valence-corrected chi connectivity index (χ4v) is 2.13. The highest BCUT2D eigenvalue weighted by atomic mass is 35.5. The predicted molar refractivity (Wildman–Crippen MR) is 69.2 cm³/mol. The third-order valence-electron chi connectivity index (χ3n) is 3.08. The van der Waals surface area contributed by atoms with E-state index in [1.165, 1.54) is 0 Å². The van der Waals surface area contributed by atoms with Gasteiger partial charge >= 0.3 is 0 Å². The van der Waals surface area contributed by atoms with Crippen molar-refractivity contribution in [2.24, 2.45) is 5.73 Å². The number of rotatable bonds is 2. The zero-order valence-corrected chi connectivity index (χ0v) is 10.6. The third kappa shape index (κ3) is 2.53. The number of halogens is 1. The average molecular weight is 254 g/mol. The highest BCUT2D eigenvalue weighted by Crippen LogP contribution is 2.24. The second kappa shape index (κ2) is 4.94. The summed E-state index contributed by atoms with van der Waals surface area (Å²) in [5, 5.41) is 0.663. The van der Waals surface area contributed by atoms with Gasteiger partial charge in [-0.2, -0.15) is 0 Å². The highest BCUT2D eigenvalue weighted by Gasteiger charge is 2.21. The summed E-state index contributed by atoms with van der Waals surface area (Å²) in [5.41, 5.74) is 7.47. The fourth-order valence-electron chi connectivity index (χ4n) is 1.88. The molecule has 2 N–H and O–H groups in total. The molecule has 5 heteroatoms. The Balaban J connectivity index is 2.18. The smallest absolute Gasteiger partial charge is 0.241 e. The number of nitrogens with zero attached hydrogens (tertiary/aromatic N) is 2. The second-order valence-electron chi connectivity index (χ2n) is 4.22.